The number of aryl methyl sites for hydroxylation is 1. The number of aromatic nitrogens is 2. The maximum absolute atomic E-state index is 11.8. The number of ether oxygens (including phenoxy) is 1. The number of hydrogen-bond acceptors (Lipinski definition) is 6. The number of carbonyl (C=O) groups is 1. The number of anilines is 2. The minimum atomic E-state index is -0.306. The Hall–Kier alpha value is -3.35. The second-order valence-corrected chi connectivity index (χ2v) is 6.78. The standard InChI is InChI=1S/C21H22N4O3/c1-14-6-3-4-7-16(14)12-20-23-19(24-28-20)13-22-17-8-5-9-18(15(17)2)25-10-11-27-21(25)26/h3-9,22H,10-13H2,1-2H3. The first-order chi connectivity index (χ1) is 13.6. The van der Waals surface area contributed by atoms with Gasteiger partial charge >= 0.3 is 6.09 Å². The molecule has 1 fully saturated rings. The van der Waals surface area contributed by atoms with E-state index in [1.165, 1.54) is 11.1 Å². The second kappa shape index (κ2) is 7.72. The van der Waals surface area contributed by atoms with Crippen molar-refractivity contribution in [1.82, 2.24) is 10.1 Å². The molecule has 1 aliphatic rings. The Morgan fingerprint density at radius 1 is 1.14 bits per heavy atom. The number of nitrogens with zero attached hydrogens (tertiary/aromatic N) is 3. The van der Waals surface area contributed by atoms with Crippen molar-refractivity contribution in [2.24, 2.45) is 0 Å². The zero-order valence-electron chi connectivity index (χ0n) is 15.9. The van der Waals surface area contributed by atoms with Crippen molar-refractivity contribution in [2.45, 2.75) is 26.8 Å². The van der Waals surface area contributed by atoms with Crippen LogP contribution in [0.5, 0.6) is 0 Å². The van der Waals surface area contributed by atoms with E-state index in [-0.39, 0.29) is 6.09 Å². The predicted molar refractivity (Wildman–Crippen MR) is 105 cm³/mol. The summed E-state index contributed by atoms with van der Waals surface area (Å²) in [6.07, 6.45) is 0.310. The second-order valence-electron chi connectivity index (χ2n) is 6.78. The van der Waals surface area contributed by atoms with Gasteiger partial charge in [-0.25, -0.2) is 4.79 Å². The molecule has 4 rings (SSSR count). The van der Waals surface area contributed by atoms with Crippen LogP contribution in [0.2, 0.25) is 0 Å². The van der Waals surface area contributed by atoms with Crippen LogP contribution >= 0.6 is 0 Å². The summed E-state index contributed by atoms with van der Waals surface area (Å²) in [4.78, 5) is 18.0. The fourth-order valence-electron chi connectivity index (χ4n) is 3.30. The molecule has 7 heteroatoms. The molecule has 144 valence electrons. The van der Waals surface area contributed by atoms with Gasteiger partial charge in [0.05, 0.1) is 25.2 Å². The van der Waals surface area contributed by atoms with E-state index in [9.17, 15) is 4.79 Å². The predicted octanol–water partition coefficient (Wildman–Crippen LogP) is 3.85. The van der Waals surface area contributed by atoms with E-state index in [2.05, 4.69) is 34.5 Å². The van der Waals surface area contributed by atoms with Gasteiger partial charge in [0, 0.05) is 5.69 Å². The van der Waals surface area contributed by atoms with E-state index < -0.39 is 0 Å². The molecule has 0 atom stereocenters. The Morgan fingerprint density at radius 3 is 2.79 bits per heavy atom. The van der Waals surface area contributed by atoms with Crippen LogP contribution < -0.4 is 10.2 Å². The van der Waals surface area contributed by atoms with Crippen molar-refractivity contribution in [2.75, 3.05) is 23.4 Å². The smallest absolute Gasteiger partial charge is 0.414 e. The van der Waals surface area contributed by atoms with Crippen LogP contribution in [0.25, 0.3) is 0 Å². The summed E-state index contributed by atoms with van der Waals surface area (Å²) in [6, 6.07) is 14.0. The SMILES string of the molecule is Cc1ccccc1Cc1nc(CNc2cccc(N3CCOC3=O)c2C)no1. The van der Waals surface area contributed by atoms with Crippen LogP contribution in [0.1, 0.15) is 28.4 Å². The minimum absolute atomic E-state index is 0.306. The van der Waals surface area contributed by atoms with Crippen molar-refractivity contribution in [3.63, 3.8) is 0 Å². The molecule has 1 aromatic heterocycles. The number of carbonyl (C=O) groups excluding carboxylic acids is 1. The van der Waals surface area contributed by atoms with E-state index in [4.69, 9.17) is 9.26 Å². The lowest BCUT2D eigenvalue weighted by Crippen LogP contribution is -2.24. The summed E-state index contributed by atoms with van der Waals surface area (Å²) < 4.78 is 10.4. The third-order valence-electron chi connectivity index (χ3n) is 4.91. The van der Waals surface area contributed by atoms with Gasteiger partial charge in [0.2, 0.25) is 5.89 Å². The molecule has 1 amide bonds. The van der Waals surface area contributed by atoms with E-state index in [0.29, 0.717) is 37.8 Å². The lowest BCUT2D eigenvalue weighted by molar-refractivity contribution is 0.181. The monoisotopic (exact) mass is 378 g/mol. The first-order valence-corrected chi connectivity index (χ1v) is 9.25. The molecule has 3 aromatic rings. The van der Waals surface area contributed by atoms with Gasteiger partial charge in [-0.2, -0.15) is 4.98 Å². The summed E-state index contributed by atoms with van der Waals surface area (Å²) in [5, 5.41) is 7.40. The number of benzene rings is 2. The minimum Gasteiger partial charge on any atom is -0.447 e. The van der Waals surface area contributed by atoms with Crippen LogP contribution in [0.3, 0.4) is 0 Å². The molecule has 28 heavy (non-hydrogen) atoms. The van der Waals surface area contributed by atoms with Crippen LogP contribution in [-0.4, -0.2) is 29.4 Å². The van der Waals surface area contributed by atoms with Crippen LogP contribution in [0, 0.1) is 13.8 Å². The molecule has 2 aromatic carbocycles. The Kier molecular flexibility index (Phi) is 4.97. The normalized spacial score (nSPS) is 13.6. The van der Waals surface area contributed by atoms with Gasteiger partial charge in [-0.05, 0) is 42.7 Å². The van der Waals surface area contributed by atoms with Gasteiger partial charge in [0.25, 0.3) is 0 Å². The molecule has 7 nitrogen and oxygen atoms in total. The molecule has 2 heterocycles. The highest BCUT2D eigenvalue weighted by Crippen LogP contribution is 2.29. The average Bonchev–Trinajstić information content (AvgIpc) is 3.32. The quantitative estimate of drug-likeness (QED) is 0.702. The van der Waals surface area contributed by atoms with Crippen molar-refractivity contribution >= 4 is 17.5 Å². The van der Waals surface area contributed by atoms with Crippen LogP contribution in [-0.2, 0) is 17.7 Å². The summed E-state index contributed by atoms with van der Waals surface area (Å²) in [7, 11) is 0. The molecular formula is C21H22N4O3. The summed E-state index contributed by atoms with van der Waals surface area (Å²) in [5.41, 5.74) is 5.12. The molecule has 0 spiro atoms. The maximum Gasteiger partial charge on any atom is 0.414 e. The number of rotatable bonds is 6. The number of amides is 1. The fourth-order valence-corrected chi connectivity index (χ4v) is 3.30. The molecule has 0 radical (unpaired) electrons. The summed E-state index contributed by atoms with van der Waals surface area (Å²) in [6.45, 7) is 5.47. The molecule has 1 saturated heterocycles. The van der Waals surface area contributed by atoms with Gasteiger partial charge in [-0.3, -0.25) is 4.90 Å². The van der Waals surface area contributed by atoms with Crippen molar-refractivity contribution in [3.8, 4) is 0 Å². The summed E-state index contributed by atoms with van der Waals surface area (Å²) in [5.74, 6) is 1.19. The molecule has 0 unspecified atom stereocenters. The summed E-state index contributed by atoms with van der Waals surface area (Å²) >= 11 is 0. The van der Waals surface area contributed by atoms with Gasteiger partial charge in [0.15, 0.2) is 5.82 Å². The third kappa shape index (κ3) is 3.69. The highest BCUT2D eigenvalue weighted by molar-refractivity contribution is 5.91. The molecule has 0 bridgehead atoms. The number of hydrogen-bond donors (Lipinski definition) is 1. The third-order valence-corrected chi connectivity index (χ3v) is 4.91. The van der Waals surface area contributed by atoms with Crippen molar-refractivity contribution in [1.29, 1.82) is 0 Å². The average molecular weight is 378 g/mol. The van der Waals surface area contributed by atoms with Crippen LogP contribution in [0.15, 0.2) is 47.0 Å². The van der Waals surface area contributed by atoms with E-state index in [1.54, 1.807) is 4.90 Å². The Labute approximate surface area is 163 Å². The first kappa shape index (κ1) is 18.0. The molecule has 0 aliphatic carbocycles. The van der Waals surface area contributed by atoms with Crippen molar-refractivity contribution < 1.29 is 14.1 Å². The maximum atomic E-state index is 11.8. The van der Waals surface area contributed by atoms with E-state index in [0.717, 1.165) is 16.9 Å². The zero-order valence-corrected chi connectivity index (χ0v) is 15.9. The Balaban J connectivity index is 1.43. The molecule has 1 aliphatic heterocycles. The molecule has 1 N–H and O–H groups in total. The Bertz CT molecular complexity index is 999. The Morgan fingerprint density at radius 2 is 2.00 bits per heavy atom. The van der Waals surface area contributed by atoms with Gasteiger partial charge in [-0.1, -0.05) is 35.5 Å². The highest BCUT2D eigenvalue weighted by Gasteiger charge is 2.25. The topological polar surface area (TPSA) is 80.5 Å². The van der Waals surface area contributed by atoms with Gasteiger partial charge in [0.1, 0.15) is 6.61 Å². The zero-order chi connectivity index (χ0) is 19.5. The number of cyclic esters (lactones) is 1. The van der Waals surface area contributed by atoms with Gasteiger partial charge in [-0.15, -0.1) is 0 Å². The highest BCUT2D eigenvalue weighted by atomic mass is 16.6. The van der Waals surface area contributed by atoms with E-state index in [1.807, 2.05) is 37.3 Å². The van der Waals surface area contributed by atoms with Crippen LogP contribution in [0.4, 0.5) is 16.2 Å². The van der Waals surface area contributed by atoms with Crippen molar-refractivity contribution in [3.05, 3.63) is 70.9 Å². The van der Waals surface area contributed by atoms with E-state index >= 15 is 0 Å². The fraction of sp³-hybridized carbons (Fsp3) is 0.286. The largest absolute Gasteiger partial charge is 0.447 e. The molecule has 0 saturated carbocycles. The number of nitrogens with one attached hydrogen (secondary N) is 1. The lowest BCUT2D eigenvalue weighted by atomic mass is 10.1. The van der Waals surface area contributed by atoms with Gasteiger partial charge < -0.3 is 14.6 Å². The lowest BCUT2D eigenvalue weighted by Gasteiger charge is -2.18. The first-order valence-electron chi connectivity index (χ1n) is 9.25. The molecular weight excluding hydrogens is 356 g/mol.